The van der Waals surface area contributed by atoms with Gasteiger partial charge >= 0.3 is 39.5 Å². The molecule has 17 nitrogen and oxygen atoms in total. The lowest BCUT2D eigenvalue weighted by Gasteiger charge is -2.21. The van der Waals surface area contributed by atoms with E-state index in [1.807, 2.05) is 0 Å². The number of carbonyl (C=O) groups excluding carboxylic acids is 4. The molecule has 0 aliphatic rings. The summed E-state index contributed by atoms with van der Waals surface area (Å²) in [5.41, 5.74) is 0. The molecule has 0 bridgehead atoms. The molecule has 0 spiro atoms. The predicted octanol–water partition coefficient (Wildman–Crippen LogP) is 20.4. The minimum Gasteiger partial charge on any atom is -0.462 e. The standard InChI is InChI=1S/C71H138O17P2/c1-7-9-11-13-15-17-19-20-21-22-23-24-27-32-36-44-50-56-71(76)87-66(59-81-68(73)53-47-41-34-31-28-25-26-29-33-39-45-51-63(3)4)61-85-89(77,78)83-57-65(72)58-84-90(79,80)86-62-67(60-82-69(74)54-48-42-38-37-40-46-52-64(5)6)88-70(75)55-49-43-35-30-18-16-14-12-10-8-2/h63-67,72H,7-62H2,1-6H3,(H,77,78)(H,79,80)/t65-,66-,67-/m1/s1. The highest BCUT2D eigenvalue weighted by molar-refractivity contribution is 7.47. The van der Waals surface area contributed by atoms with Gasteiger partial charge in [-0.2, -0.15) is 0 Å². The molecule has 0 saturated heterocycles. The lowest BCUT2D eigenvalue weighted by molar-refractivity contribution is -0.161. The molecular weight excluding hydrogens is 1190 g/mol. The van der Waals surface area contributed by atoms with Crippen molar-refractivity contribution in [1.29, 1.82) is 0 Å². The van der Waals surface area contributed by atoms with Crippen molar-refractivity contribution in [1.82, 2.24) is 0 Å². The Morgan fingerprint density at radius 3 is 0.756 bits per heavy atom. The smallest absolute Gasteiger partial charge is 0.462 e. The lowest BCUT2D eigenvalue weighted by atomic mass is 10.0. The van der Waals surface area contributed by atoms with Crippen molar-refractivity contribution in [2.45, 2.75) is 381 Å². The maximum atomic E-state index is 13.0. The van der Waals surface area contributed by atoms with Crippen molar-refractivity contribution < 1.29 is 80.2 Å². The van der Waals surface area contributed by atoms with Gasteiger partial charge in [0.25, 0.3) is 0 Å². The van der Waals surface area contributed by atoms with Crippen LogP contribution in [0.1, 0.15) is 363 Å². The molecule has 0 rings (SSSR count). The van der Waals surface area contributed by atoms with Gasteiger partial charge in [-0.05, 0) is 37.5 Å². The van der Waals surface area contributed by atoms with E-state index in [4.69, 9.17) is 37.0 Å². The number of aliphatic hydroxyl groups excluding tert-OH is 1. The molecule has 3 N–H and O–H groups in total. The Labute approximate surface area is 549 Å². The third-order valence-corrected chi connectivity index (χ3v) is 18.4. The van der Waals surface area contributed by atoms with E-state index in [-0.39, 0.29) is 25.7 Å². The summed E-state index contributed by atoms with van der Waals surface area (Å²) in [5, 5.41) is 10.6. The Morgan fingerprint density at radius 2 is 0.511 bits per heavy atom. The monoisotopic (exact) mass is 1320 g/mol. The van der Waals surface area contributed by atoms with Crippen LogP contribution in [0.4, 0.5) is 0 Å². The lowest BCUT2D eigenvalue weighted by Crippen LogP contribution is -2.30. The second kappa shape index (κ2) is 63.1. The van der Waals surface area contributed by atoms with E-state index in [2.05, 4.69) is 41.5 Å². The van der Waals surface area contributed by atoms with E-state index in [1.54, 1.807) is 0 Å². The summed E-state index contributed by atoms with van der Waals surface area (Å²) in [6, 6.07) is 0. The van der Waals surface area contributed by atoms with E-state index < -0.39 is 97.5 Å². The second-order valence-corrected chi connectivity index (χ2v) is 29.5. The van der Waals surface area contributed by atoms with Crippen molar-refractivity contribution in [2.75, 3.05) is 39.6 Å². The number of ether oxygens (including phenoxy) is 4. The molecule has 2 unspecified atom stereocenters. The molecule has 0 aliphatic carbocycles. The molecule has 534 valence electrons. The van der Waals surface area contributed by atoms with Gasteiger partial charge in [-0.15, -0.1) is 0 Å². The summed E-state index contributed by atoms with van der Waals surface area (Å²) in [6.07, 6.45) is 48.7. The second-order valence-electron chi connectivity index (χ2n) is 26.6. The number of phosphoric acid groups is 2. The quantitative estimate of drug-likeness (QED) is 0.0222. The van der Waals surface area contributed by atoms with Crippen molar-refractivity contribution in [3.05, 3.63) is 0 Å². The maximum absolute atomic E-state index is 13.0. The Kier molecular flexibility index (Phi) is 61.8. The molecular formula is C71H138O17P2. The highest BCUT2D eigenvalue weighted by Gasteiger charge is 2.30. The summed E-state index contributed by atoms with van der Waals surface area (Å²) in [7, 11) is -9.90. The summed E-state index contributed by atoms with van der Waals surface area (Å²) in [6.45, 7) is 9.47. The number of unbranched alkanes of at least 4 members (excludes halogenated alkanes) is 40. The first-order chi connectivity index (χ1) is 43.4. The van der Waals surface area contributed by atoms with Crippen LogP contribution in [-0.2, 0) is 65.4 Å². The van der Waals surface area contributed by atoms with Gasteiger partial charge in [-0.1, -0.05) is 311 Å². The molecule has 0 aromatic rings. The first-order valence-electron chi connectivity index (χ1n) is 37.0. The van der Waals surface area contributed by atoms with Gasteiger partial charge in [0.1, 0.15) is 19.3 Å². The maximum Gasteiger partial charge on any atom is 0.472 e. The molecule has 5 atom stereocenters. The number of esters is 4. The molecule has 0 heterocycles. The molecule has 0 amide bonds. The van der Waals surface area contributed by atoms with Crippen LogP contribution < -0.4 is 0 Å². The van der Waals surface area contributed by atoms with Crippen molar-refractivity contribution in [3.63, 3.8) is 0 Å². The zero-order valence-electron chi connectivity index (χ0n) is 58.4. The van der Waals surface area contributed by atoms with Crippen molar-refractivity contribution in [2.24, 2.45) is 11.8 Å². The number of phosphoric ester groups is 2. The SMILES string of the molecule is CCCCCCCCCCCCCCCCCCCC(=O)O[C@H](COC(=O)CCCCCCCCCCCCCC(C)C)COP(=O)(O)OC[C@@H](O)COP(=O)(O)OC[C@@H](COC(=O)CCCCCCCCC(C)C)OC(=O)CCCCCCCCCCCC. The Balaban J connectivity index is 5.22. The van der Waals surface area contributed by atoms with Crippen LogP contribution in [-0.4, -0.2) is 96.7 Å². The average molecular weight is 1330 g/mol. The molecule has 0 radical (unpaired) electrons. The molecule has 19 heteroatoms. The largest absolute Gasteiger partial charge is 0.472 e. The topological polar surface area (TPSA) is 237 Å². The first kappa shape index (κ1) is 88.1. The van der Waals surface area contributed by atoms with Gasteiger partial charge in [0.15, 0.2) is 12.2 Å². The Morgan fingerprint density at radius 1 is 0.300 bits per heavy atom. The van der Waals surface area contributed by atoms with Crippen LogP contribution in [0.2, 0.25) is 0 Å². The van der Waals surface area contributed by atoms with Crippen LogP contribution in [0.25, 0.3) is 0 Å². The molecule has 0 aromatic carbocycles. The summed E-state index contributed by atoms with van der Waals surface area (Å²) >= 11 is 0. The molecule has 0 aromatic heterocycles. The van der Waals surface area contributed by atoms with Crippen LogP contribution in [0.5, 0.6) is 0 Å². The highest BCUT2D eigenvalue weighted by Crippen LogP contribution is 2.45. The fourth-order valence-corrected chi connectivity index (χ4v) is 12.3. The number of carbonyl (C=O) groups is 4. The number of rotatable bonds is 70. The number of hydrogen-bond donors (Lipinski definition) is 3. The van der Waals surface area contributed by atoms with Crippen LogP contribution in [0, 0.1) is 11.8 Å². The summed E-state index contributed by atoms with van der Waals surface area (Å²) < 4.78 is 68.3. The molecule has 0 aliphatic heterocycles. The Bertz CT molecular complexity index is 1750. The fourth-order valence-electron chi connectivity index (χ4n) is 10.8. The average Bonchev–Trinajstić information content (AvgIpc) is 2.75. The molecule has 90 heavy (non-hydrogen) atoms. The van der Waals surface area contributed by atoms with Crippen molar-refractivity contribution in [3.8, 4) is 0 Å². The minimum atomic E-state index is -4.95. The predicted molar refractivity (Wildman–Crippen MR) is 363 cm³/mol. The minimum absolute atomic E-state index is 0.105. The summed E-state index contributed by atoms with van der Waals surface area (Å²) in [5.74, 6) is -0.673. The van der Waals surface area contributed by atoms with Gasteiger partial charge in [-0.3, -0.25) is 37.3 Å². The van der Waals surface area contributed by atoms with Gasteiger partial charge in [0.2, 0.25) is 0 Å². The van der Waals surface area contributed by atoms with E-state index >= 15 is 0 Å². The van der Waals surface area contributed by atoms with E-state index in [0.717, 1.165) is 102 Å². The third-order valence-electron chi connectivity index (χ3n) is 16.5. The molecule has 0 fully saturated rings. The van der Waals surface area contributed by atoms with Crippen LogP contribution >= 0.6 is 15.6 Å². The van der Waals surface area contributed by atoms with Gasteiger partial charge in [-0.25, -0.2) is 9.13 Å². The summed E-state index contributed by atoms with van der Waals surface area (Å²) in [4.78, 5) is 72.5. The fraction of sp³-hybridized carbons (Fsp3) is 0.944. The first-order valence-corrected chi connectivity index (χ1v) is 40.0. The van der Waals surface area contributed by atoms with Gasteiger partial charge < -0.3 is 33.8 Å². The zero-order valence-corrected chi connectivity index (χ0v) is 60.2. The zero-order chi connectivity index (χ0) is 66.5. The van der Waals surface area contributed by atoms with Crippen molar-refractivity contribution >= 4 is 39.5 Å². The van der Waals surface area contributed by atoms with Gasteiger partial charge in [0, 0.05) is 25.7 Å². The normalized spacial score (nSPS) is 14.1. The van der Waals surface area contributed by atoms with E-state index in [9.17, 15) is 43.2 Å². The Hall–Kier alpha value is -1.94. The van der Waals surface area contributed by atoms with Gasteiger partial charge in [0.05, 0.1) is 26.4 Å². The number of aliphatic hydroxyl groups is 1. The van der Waals surface area contributed by atoms with Crippen LogP contribution in [0.3, 0.4) is 0 Å². The highest BCUT2D eigenvalue weighted by atomic mass is 31.2. The van der Waals surface area contributed by atoms with E-state index in [1.165, 1.54) is 173 Å². The number of hydrogen-bond acceptors (Lipinski definition) is 15. The third kappa shape index (κ3) is 64.8. The van der Waals surface area contributed by atoms with Crippen LogP contribution in [0.15, 0.2) is 0 Å². The van der Waals surface area contributed by atoms with E-state index in [0.29, 0.717) is 31.6 Å². The molecule has 0 saturated carbocycles.